The fourth-order valence-corrected chi connectivity index (χ4v) is 4.60. The van der Waals surface area contributed by atoms with Crippen molar-refractivity contribution < 1.29 is 0 Å². The Morgan fingerprint density at radius 2 is 2.24 bits per heavy atom. The van der Waals surface area contributed by atoms with Gasteiger partial charge in [-0.1, -0.05) is 25.4 Å². The maximum atomic E-state index is 5.98. The Labute approximate surface area is 126 Å². The van der Waals surface area contributed by atoms with Crippen molar-refractivity contribution in [1.82, 2.24) is 0 Å². The van der Waals surface area contributed by atoms with Crippen LogP contribution in [0.1, 0.15) is 20.3 Å². The van der Waals surface area contributed by atoms with Gasteiger partial charge in [0.05, 0.1) is 0 Å². The summed E-state index contributed by atoms with van der Waals surface area (Å²) in [6.07, 6.45) is 1.28. The van der Waals surface area contributed by atoms with Gasteiger partial charge in [0.15, 0.2) is 0 Å². The van der Waals surface area contributed by atoms with Crippen LogP contribution < -0.4 is 5.32 Å². The first kappa shape index (κ1) is 13.8. The molecule has 4 heteroatoms. The minimum Gasteiger partial charge on any atom is -0.380 e. The summed E-state index contributed by atoms with van der Waals surface area (Å²) in [7, 11) is 0. The van der Waals surface area contributed by atoms with E-state index in [2.05, 4.69) is 47.8 Å². The second-order valence-electron chi connectivity index (χ2n) is 5.13. The lowest BCUT2D eigenvalue weighted by atomic mass is 9.82. The minimum atomic E-state index is 0.369. The molecule has 0 aliphatic carbocycles. The molecule has 1 saturated heterocycles. The Bertz CT molecular complexity index is 408. The molecule has 1 heterocycles. The molecule has 1 aromatic rings. The monoisotopic (exact) mass is 381 g/mol. The Balaban J connectivity index is 2.14. The van der Waals surface area contributed by atoms with Gasteiger partial charge in [0.1, 0.15) is 0 Å². The Hall–Kier alpha value is 0.390. The third-order valence-electron chi connectivity index (χ3n) is 3.38. The van der Waals surface area contributed by atoms with Crippen molar-refractivity contribution >= 4 is 51.6 Å². The molecule has 1 atom stereocenters. The van der Waals surface area contributed by atoms with Crippen LogP contribution in [0.4, 0.5) is 5.69 Å². The van der Waals surface area contributed by atoms with Crippen LogP contribution in [0, 0.1) is 8.99 Å². The largest absolute Gasteiger partial charge is 0.380 e. The minimum absolute atomic E-state index is 0.369. The number of thioether (sulfide) groups is 1. The molecular formula is C13H17ClINS. The highest BCUT2D eigenvalue weighted by molar-refractivity contribution is 14.1. The zero-order chi connectivity index (χ0) is 12.5. The number of nitrogens with one attached hydrogen (secondary N) is 1. The molecule has 17 heavy (non-hydrogen) atoms. The summed E-state index contributed by atoms with van der Waals surface area (Å²) in [5.41, 5.74) is 1.57. The number of anilines is 1. The Kier molecular flexibility index (Phi) is 4.53. The maximum Gasteiger partial charge on any atom is 0.0479 e. The number of rotatable bonds is 2. The van der Waals surface area contributed by atoms with Gasteiger partial charge in [-0.2, -0.15) is 11.8 Å². The quantitative estimate of drug-likeness (QED) is 0.732. The van der Waals surface area contributed by atoms with Gasteiger partial charge in [-0.3, -0.25) is 0 Å². The highest BCUT2D eigenvalue weighted by atomic mass is 127. The molecule has 0 spiro atoms. The maximum absolute atomic E-state index is 5.98. The molecule has 1 aliphatic rings. The van der Waals surface area contributed by atoms with Crippen molar-refractivity contribution in [3.8, 4) is 0 Å². The van der Waals surface area contributed by atoms with Crippen molar-refractivity contribution in [1.29, 1.82) is 0 Å². The van der Waals surface area contributed by atoms with E-state index in [1.165, 1.54) is 27.2 Å². The lowest BCUT2D eigenvalue weighted by Crippen LogP contribution is -2.41. The van der Waals surface area contributed by atoms with E-state index in [1.54, 1.807) is 0 Å². The second-order valence-corrected chi connectivity index (χ2v) is 7.88. The lowest BCUT2D eigenvalue weighted by Gasteiger charge is -2.39. The van der Waals surface area contributed by atoms with E-state index >= 15 is 0 Å². The van der Waals surface area contributed by atoms with Crippen LogP contribution >= 0.6 is 46.0 Å². The van der Waals surface area contributed by atoms with Gasteiger partial charge in [0.2, 0.25) is 0 Å². The molecule has 1 aliphatic heterocycles. The van der Waals surface area contributed by atoms with Crippen LogP contribution in [0.3, 0.4) is 0 Å². The van der Waals surface area contributed by atoms with Crippen molar-refractivity contribution in [2.75, 3.05) is 16.8 Å². The summed E-state index contributed by atoms with van der Waals surface area (Å²) in [6, 6.07) is 6.58. The molecule has 94 valence electrons. The first-order chi connectivity index (χ1) is 7.99. The summed E-state index contributed by atoms with van der Waals surface area (Å²) in [5.74, 6) is 2.47. The molecule has 1 fully saturated rings. The van der Waals surface area contributed by atoms with Gasteiger partial charge in [0, 0.05) is 26.1 Å². The first-order valence-corrected chi connectivity index (χ1v) is 8.39. The van der Waals surface area contributed by atoms with Gasteiger partial charge in [-0.25, -0.2) is 0 Å². The average Bonchev–Trinajstić information content (AvgIpc) is 2.24. The molecule has 1 unspecified atom stereocenters. The van der Waals surface area contributed by atoms with E-state index in [9.17, 15) is 0 Å². The normalized spacial score (nSPS) is 23.4. The number of hydrogen-bond donors (Lipinski definition) is 1. The van der Waals surface area contributed by atoms with Crippen LogP contribution in [0.2, 0.25) is 5.02 Å². The highest BCUT2D eigenvalue weighted by Crippen LogP contribution is 2.36. The van der Waals surface area contributed by atoms with Crippen LogP contribution in [0.5, 0.6) is 0 Å². The summed E-state index contributed by atoms with van der Waals surface area (Å²) >= 11 is 10.4. The zero-order valence-electron chi connectivity index (χ0n) is 10.1. The van der Waals surface area contributed by atoms with Crippen molar-refractivity contribution in [2.45, 2.75) is 26.3 Å². The highest BCUT2D eigenvalue weighted by Gasteiger charge is 2.32. The average molecular weight is 382 g/mol. The molecule has 0 radical (unpaired) electrons. The van der Waals surface area contributed by atoms with E-state index in [0.717, 1.165) is 5.02 Å². The third-order valence-corrected chi connectivity index (χ3v) is 5.57. The summed E-state index contributed by atoms with van der Waals surface area (Å²) < 4.78 is 1.20. The fourth-order valence-electron chi connectivity index (χ4n) is 1.97. The van der Waals surface area contributed by atoms with E-state index in [0.29, 0.717) is 11.5 Å². The molecule has 1 nitrogen and oxygen atoms in total. The summed E-state index contributed by atoms with van der Waals surface area (Å²) in [4.78, 5) is 0. The predicted molar refractivity (Wildman–Crippen MR) is 87.3 cm³/mol. The fraction of sp³-hybridized carbons (Fsp3) is 0.538. The van der Waals surface area contributed by atoms with E-state index < -0.39 is 0 Å². The zero-order valence-corrected chi connectivity index (χ0v) is 13.8. The first-order valence-electron chi connectivity index (χ1n) is 5.78. The van der Waals surface area contributed by atoms with Crippen molar-refractivity contribution in [2.24, 2.45) is 5.41 Å². The van der Waals surface area contributed by atoms with E-state index in [4.69, 9.17) is 11.6 Å². The van der Waals surface area contributed by atoms with Gasteiger partial charge in [-0.05, 0) is 58.4 Å². The molecular weight excluding hydrogens is 365 g/mol. The molecule has 0 aromatic heterocycles. The van der Waals surface area contributed by atoms with Crippen molar-refractivity contribution in [3.63, 3.8) is 0 Å². The topological polar surface area (TPSA) is 12.0 Å². The number of hydrogen-bond acceptors (Lipinski definition) is 2. The molecule has 0 bridgehead atoms. The molecule has 0 saturated carbocycles. The summed E-state index contributed by atoms with van der Waals surface area (Å²) in [5, 5.41) is 4.48. The van der Waals surface area contributed by atoms with Gasteiger partial charge in [0.25, 0.3) is 0 Å². The Morgan fingerprint density at radius 3 is 2.88 bits per heavy atom. The SMILES string of the molecule is CC1(C)CCSCC1Nc1ccc(Cl)cc1I. The van der Waals surface area contributed by atoms with Gasteiger partial charge < -0.3 is 5.32 Å². The van der Waals surface area contributed by atoms with Crippen LogP contribution in [0.15, 0.2) is 18.2 Å². The van der Waals surface area contributed by atoms with Crippen LogP contribution in [-0.4, -0.2) is 17.5 Å². The van der Waals surface area contributed by atoms with Gasteiger partial charge in [-0.15, -0.1) is 0 Å². The predicted octanol–water partition coefficient (Wildman–Crippen LogP) is 4.89. The van der Waals surface area contributed by atoms with Crippen molar-refractivity contribution in [3.05, 3.63) is 26.8 Å². The number of halogens is 2. The number of benzene rings is 1. The van der Waals surface area contributed by atoms with Crippen LogP contribution in [0.25, 0.3) is 0 Å². The van der Waals surface area contributed by atoms with E-state index in [1.807, 2.05) is 23.9 Å². The smallest absolute Gasteiger partial charge is 0.0479 e. The summed E-state index contributed by atoms with van der Waals surface area (Å²) in [6.45, 7) is 4.71. The lowest BCUT2D eigenvalue weighted by molar-refractivity contribution is 0.305. The molecule has 2 rings (SSSR count). The molecule has 1 aromatic carbocycles. The van der Waals surface area contributed by atoms with Crippen LogP contribution in [-0.2, 0) is 0 Å². The van der Waals surface area contributed by atoms with E-state index in [-0.39, 0.29) is 0 Å². The van der Waals surface area contributed by atoms with Gasteiger partial charge >= 0.3 is 0 Å². The second kappa shape index (κ2) is 5.57. The molecule has 1 N–H and O–H groups in total. The third kappa shape index (κ3) is 3.44. The standard InChI is InChI=1S/C13H17ClINS/c1-13(2)5-6-17-8-12(13)16-11-4-3-9(14)7-10(11)15/h3-4,7,12,16H,5-6,8H2,1-2H3. The Morgan fingerprint density at radius 1 is 1.47 bits per heavy atom. The molecule has 0 amide bonds.